The molecular weight excluding hydrogens is 539 g/mol. The Labute approximate surface area is 257 Å². The highest BCUT2D eigenvalue weighted by atomic mass is 19.1. The van der Waals surface area contributed by atoms with Crippen molar-refractivity contribution < 1.29 is 13.9 Å². The number of esters is 1. The van der Waals surface area contributed by atoms with E-state index >= 15 is 0 Å². The molecule has 1 N–H and O–H groups in total. The number of aromatic nitrogens is 2. The molecule has 0 spiro atoms. The van der Waals surface area contributed by atoms with Crippen LogP contribution in [0, 0.1) is 18.7 Å². The lowest BCUT2D eigenvalue weighted by atomic mass is 9.87. The molecule has 1 aliphatic heterocycles. The van der Waals surface area contributed by atoms with Crippen molar-refractivity contribution in [2.75, 3.05) is 26.2 Å². The quantitative estimate of drug-likeness (QED) is 0.270. The van der Waals surface area contributed by atoms with Crippen molar-refractivity contribution in [3.8, 4) is 0 Å². The average molecular weight is 589 g/mol. The minimum Gasteiger partial charge on any atom is -0.461 e. The van der Waals surface area contributed by atoms with E-state index in [0.717, 1.165) is 69.5 Å². The lowest BCUT2D eigenvalue weighted by Crippen LogP contribution is -2.40. The summed E-state index contributed by atoms with van der Waals surface area (Å²) in [5.74, 6) is 0.568. The van der Waals surface area contributed by atoms with E-state index in [2.05, 4.69) is 59.1 Å². The third-order valence-electron chi connectivity index (χ3n) is 9.16. The van der Waals surface area contributed by atoms with Crippen molar-refractivity contribution in [2.24, 2.45) is 5.92 Å². The summed E-state index contributed by atoms with van der Waals surface area (Å²) >= 11 is 0. The van der Waals surface area contributed by atoms with E-state index < -0.39 is 0 Å². The molecule has 5 rings (SSSR count). The van der Waals surface area contributed by atoms with Gasteiger partial charge in [0.1, 0.15) is 11.9 Å². The number of nitrogens with one attached hydrogen (secondary N) is 1. The maximum absolute atomic E-state index is 14.2. The molecule has 0 radical (unpaired) electrons. The lowest BCUT2D eigenvalue weighted by Gasteiger charge is -2.35. The van der Waals surface area contributed by atoms with E-state index in [0.29, 0.717) is 11.8 Å². The summed E-state index contributed by atoms with van der Waals surface area (Å²) in [6.07, 6.45) is 4.48. The Morgan fingerprint density at radius 3 is 2.49 bits per heavy atom. The Morgan fingerprint density at radius 2 is 1.81 bits per heavy atom. The predicted molar refractivity (Wildman–Crippen MR) is 170 cm³/mol. The van der Waals surface area contributed by atoms with Crippen molar-refractivity contribution in [1.82, 2.24) is 20.0 Å². The fraction of sp³-hybridized carbons (Fsp3) is 0.556. The average Bonchev–Trinajstić information content (AvgIpc) is 3.56. The van der Waals surface area contributed by atoms with Crippen LogP contribution in [0.25, 0.3) is 0 Å². The van der Waals surface area contributed by atoms with Crippen LogP contribution in [0.15, 0.2) is 54.6 Å². The summed E-state index contributed by atoms with van der Waals surface area (Å²) in [5, 5.41) is 8.18. The fourth-order valence-corrected chi connectivity index (χ4v) is 6.90. The number of aryl methyl sites for hydroxylation is 2. The molecule has 0 amide bonds. The number of rotatable bonds is 10. The van der Waals surface area contributed by atoms with Gasteiger partial charge >= 0.3 is 5.97 Å². The van der Waals surface area contributed by atoms with Gasteiger partial charge in [0.15, 0.2) is 0 Å². The molecule has 3 aromatic rings. The zero-order chi connectivity index (χ0) is 30.6. The van der Waals surface area contributed by atoms with E-state index in [-0.39, 0.29) is 35.9 Å². The van der Waals surface area contributed by atoms with Gasteiger partial charge < -0.3 is 15.0 Å². The maximum Gasteiger partial charge on any atom is 0.320 e. The van der Waals surface area contributed by atoms with Crippen LogP contribution in [0.2, 0.25) is 0 Å². The fourth-order valence-electron chi connectivity index (χ4n) is 6.90. The summed E-state index contributed by atoms with van der Waals surface area (Å²) in [6.45, 7) is 14.5. The standard InChI is InChI=1S/C36H49FN4O2/c1-6-41-34(21-31(39-41)18-26-12-10-25(2)11-13-26)27-14-16-40(17-15-27)24-29-20-32(43-35(42)23-38-36(3,4)5)22-33(29)28-8-7-9-30(37)19-28/h7-13,19,21,27,29,32-33,38H,6,14-18,20,22-24H2,1-5H3/t29-,32+,33-/m1/s1. The molecule has 2 fully saturated rings. The van der Waals surface area contributed by atoms with E-state index in [9.17, 15) is 9.18 Å². The molecule has 2 aliphatic rings. The highest BCUT2D eigenvalue weighted by Crippen LogP contribution is 2.42. The van der Waals surface area contributed by atoms with Crippen LogP contribution < -0.4 is 5.32 Å². The van der Waals surface area contributed by atoms with Crippen LogP contribution >= 0.6 is 0 Å². The molecule has 1 aromatic heterocycles. The summed E-state index contributed by atoms with van der Waals surface area (Å²) in [5.41, 5.74) is 5.94. The number of hydrogen-bond acceptors (Lipinski definition) is 5. The van der Waals surface area contributed by atoms with Gasteiger partial charge in [-0.3, -0.25) is 9.48 Å². The zero-order valence-electron chi connectivity index (χ0n) is 26.6. The summed E-state index contributed by atoms with van der Waals surface area (Å²) in [4.78, 5) is 15.2. The molecule has 232 valence electrons. The SMILES string of the molecule is CCn1nc(Cc2ccc(C)cc2)cc1C1CCN(C[C@H]2C[C@H](OC(=O)CNC(C)(C)C)C[C@@H]2c2cccc(F)c2)CC1. The van der Waals surface area contributed by atoms with Crippen LogP contribution in [0.3, 0.4) is 0 Å². The second-order valence-corrected chi connectivity index (χ2v) is 13.7. The summed E-state index contributed by atoms with van der Waals surface area (Å²) < 4.78 is 22.4. The Balaban J connectivity index is 1.20. The maximum atomic E-state index is 14.2. The van der Waals surface area contributed by atoms with E-state index in [1.165, 1.54) is 22.9 Å². The first-order valence-corrected chi connectivity index (χ1v) is 16.1. The number of hydrogen-bond donors (Lipinski definition) is 1. The van der Waals surface area contributed by atoms with Crippen molar-refractivity contribution in [3.63, 3.8) is 0 Å². The van der Waals surface area contributed by atoms with Crippen LogP contribution in [0.4, 0.5) is 4.39 Å². The van der Waals surface area contributed by atoms with Gasteiger partial charge in [0, 0.05) is 36.7 Å². The van der Waals surface area contributed by atoms with Gasteiger partial charge in [-0.25, -0.2) is 4.39 Å². The molecule has 0 unspecified atom stereocenters. The Morgan fingerprint density at radius 1 is 1.07 bits per heavy atom. The number of ether oxygens (including phenoxy) is 1. The Kier molecular flexibility index (Phi) is 10.0. The Bertz CT molecular complexity index is 1350. The van der Waals surface area contributed by atoms with Gasteiger partial charge in [0.25, 0.3) is 0 Å². The second kappa shape index (κ2) is 13.7. The van der Waals surface area contributed by atoms with Gasteiger partial charge in [0.2, 0.25) is 0 Å². The number of carbonyl (C=O) groups is 1. The van der Waals surface area contributed by atoms with E-state index in [4.69, 9.17) is 9.84 Å². The van der Waals surface area contributed by atoms with Crippen LogP contribution in [0.1, 0.15) is 93.3 Å². The molecular formula is C36H49FN4O2. The number of halogens is 1. The summed E-state index contributed by atoms with van der Waals surface area (Å²) in [6, 6.07) is 18.1. The molecule has 1 saturated heterocycles. The minimum absolute atomic E-state index is 0.143. The third kappa shape index (κ3) is 8.54. The van der Waals surface area contributed by atoms with Gasteiger partial charge in [-0.15, -0.1) is 0 Å². The third-order valence-corrected chi connectivity index (χ3v) is 9.16. The highest BCUT2D eigenvalue weighted by Gasteiger charge is 2.39. The van der Waals surface area contributed by atoms with Crippen LogP contribution in [-0.4, -0.2) is 58.5 Å². The van der Waals surface area contributed by atoms with Gasteiger partial charge in [0.05, 0.1) is 12.2 Å². The van der Waals surface area contributed by atoms with Crippen LogP contribution in [-0.2, 0) is 22.5 Å². The summed E-state index contributed by atoms with van der Waals surface area (Å²) in [7, 11) is 0. The number of piperidine rings is 1. The Hall–Kier alpha value is -3.03. The largest absolute Gasteiger partial charge is 0.461 e. The predicted octanol–water partition coefficient (Wildman–Crippen LogP) is 6.61. The molecule has 1 aliphatic carbocycles. The molecule has 0 bridgehead atoms. The van der Waals surface area contributed by atoms with Crippen molar-refractivity contribution in [3.05, 3.63) is 88.5 Å². The van der Waals surface area contributed by atoms with Crippen molar-refractivity contribution in [2.45, 2.75) is 96.7 Å². The van der Waals surface area contributed by atoms with E-state index in [1.54, 1.807) is 12.1 Å². The molecule has 6 nitrogen and oxygen atoms in total. The molecule has 3 atom stereocenters. The monoisotopic (exact) mass is 588 g/mol. The molecule has 2 aromatic carbocycles. The smallest absolute Gasteiger partial charge is 0.320 e. The normalized spacial score (nSPS) is 21.8. The molecule has 7 heteroatoms. The second-order valence-electron chi connectivity index (χ2n) is 13.7. The van der Waals surface area contributed by atoms with Crippen molar-refractivity contribution >= 4 is 5.97 Å². The molecule has 43 heavy (non-hydrogen) atoms. The van der Waals surface area contributed by atoms with E-state index in [1.807, 2.05) is 26.8 Å². The molecule has 2 heterocycles. The van der Waals surface area contributed by atoms with Gasteiger partial charge in [-0.05, 0) is 115 Å². The highest BCUT2D eigenvalue weighted by molar-refractivity contribution is 5.72. The van der Waals surface area contributed by atoms with Gasteiger partial charge in [-0.2, -0.15) is 5.10 Å². The number of likely N-dealkylation sites (tertiary alicyclic amines) is 1. The topological polar surface area (TPSA) is 59.4 Å². The zero-order valence-corrected chi connectivity index (χ0v) is 26.6. The molecule has 1 saturated carbocycles. The van der Waals surface area contributed by atoms with Crippen molar-refractivity contribution in [1.29, 1.82) is 0 Å². The minimum atomic E-state index is -0.214. The first kappa shape index (κ1) is 31.4. The first-order valence-electron chi connectivity index (χ1n) is 16.1. The van der Waals surface area contributed by atoms with Gasteiger partial charge in [-0.1, -0.05) is 42.0 Å². The first-order chi connectivity index (χ1) is 20.6. The number of benzene rings is 2. The number of carbonyl (C=O) groups excluding carboxylic acids is 1. The van der Waals surface area contributed by atoms with Crippen LogP contribution in [0.5, 0.6) is 0 Å². The number of nitrogens with zero attached hydrogens (tertiary/aromatic N) is 3. The lowest BCUT2D eigenvalue weighted by molar-refractivity contribution is -0.148.